The number of nitrogens with one attached hydrogen (secondary N) is 1. The van der Waals surface area contributed by atoms with Gasteiger partial charge in [0.05, 0.1) is 4.90 Å². The zero-order valence-corrected chi connectivity index (χ0v) is 16.6. The third-order valence-electron chi connectivity index (χ3n) is 5.17. The van der Waals surface area contributed by atoms with Crippen LogP contribution < -0.4 is 5.32 Å². The minimum absolute atomic E-state index is 0.0912. The number of anilines is 1. The molecule has 6 nitrogen and oxygen atoms in total. The molecule has 0 saturated carbocycles. The third kappa shape index (κ3) is 3.84. The van der Waals surface area contributed by atoms with Gasteiger partial charge >= 0.3 is 0 Å². The number of nitrogens with zero attached hydrogens (tertiary/aromatic N) is 1. The highest BCUT2D eigenvalue weighted by Gasteiger charge is 2.39. The van der Waals surface area contributed by atoms with Gasteiger partial charge in [-0.05, 0) is 29.7 Å². The number of benzene rings is 2. The van der Waals surface area contributed by atoms with Crippen molar-refractivity contribution in [3.63, 3.8) is 0 Å². The lowest BCUT2D eigenvalue weighted by molar-refractivity contribution is 0.102. The number of β-amino-alcohol motifs (C(OH)–C–C–N with tert-alkyl or cyclic N) is 1. The second kappa shape index (κ2) is 7.74. The van der Waals surface area contributed by atoms with E-state index < -0.39 is 58.7 Å². The van der Waals surface area contributed by atoms with E-state index in [4.69, 9.17) is 0 Å². The number of halogens is 4. The quantitative estimate of drug-likeness (QED) is 0.547. The predicted octanol–water partition coefficient (Wildman–Crippen LogP) is 2.63. The number of hydrogen-bond donors (Lipinski definition) is 2. The molecule has 31 heavy (non-hydrogen) atoms. The highest BCUT2D eigenvalue weighted by molar-refractivity contribution is 7.89. The number of fused-ring (bicyclic) bond motifs is 1. The van der Waals surface area contributed by atoms with Crippen molar-refractivity contribution in [3.05, 3.63) is 64.5 Å². The molecular weight excluding hydrogens is 440 g/mol. The number of sulfonamides is 1. The number of hydrogen-bond acceptors (Lipinski definition) is 4. The van der Waals surface area contributed by atoms with E-state index in [2.05, 4.69) is 5.32 Å². The fourth-order valence-corrected chi connectivity index (χ4v) is 5.12. The molecule has 1 aliphatic heterocycles. The van der Waals surface area contributed by atoms with E-state index in [-0.39, 0.29) is 16.1 Å². The van der Waals surface area contributed by atoms with Gasteiger partial charge in [0.2, 0.25) is 10.0 Å². The van der Waals surface area contributed by atoms with Gasteiger partial charge in [-0.25, -0.2) is 26.0 Å². The second-order valence-corrected chi connectivity index (χ2v) is 9.20. The molecule has 2 unspecified atom stereocenters. The first-order valence-electron chi connectivity index (χ1n) is 9.19. The minimum Gasteiger partial charge on any atom is -0.389 e. The van der Waals surface area contributed by atoms with Gasteiger partial charge in [-0.2, -0.15) is 4.31 Å². The Labute approximate surface area is 174 Å². The van der Waals surface area contributed by atoms with Crippen LogP contribution in [0.2, 0.25) is 0 Å². The number of alkyl halides is 1. The first-order chi connectivity index (χ1) is 14.6. The van der Waals surface area contributed by atoms with E-state index in [0.717, 1.165) is 10.4 Å². The van der Waals surface area contributed by atoms with Crippen LogP contribution in [-0.4, -0.2) is 49.1 Å². The Balaban J connectivity index is 1.71. The van der Waals surface area contributed by atoms with Gasteiger partial charge in [0.15, 0.2) is 17.5 Å². The van der Waals surface area contributed by atoms with E-state index in [0.29, 0.717) is 29.7 Å². The van der Waals surface area contributed by atoms with Gasteiger partial charge in [0.1, 0.15) is 12.3 Å². The molecule has 2 N–H and O–H groups in total. The van der Waals surface area contributed by atoms with Crippen molar-refractivity contribution in [2.45, 2.75) is 23.6 Å². The van der Waals surface area contributed by atoms with Gasteiger partial charge in [0.25, 0.3) is 5.91 Å². The smallest absolute Gasteiger partial charge is 0.256 e. The number of amides is 1. The minimum atomic E-state index is -4.22. The molecule has 1 heterocycles. The average Bonchev–Trinajstić information content (AvgIpc) is 3.32. The van der Waals surface area contributed by atoms with Gasteiger partial charge < -0.3 is 10.4 Å². The monoisotopic (exact) mass is 456 g/mol. The first kappa shape index (κ1) is 21.5. The summed E-state index contributed by atoms with van der Waals surface area (Å²) < 4.78 is 80.4. The maximum atomic E-state index is 13.7. The Morgan fingerprint density at radius 2 is 1.77 bits per heavy atom. The number of allylic oxidation sites excluding steroid dienone is 1. The summed E-state index contributed by atoms with van der Waals surface area (Å²) >= 11 is 0. The van der Waals surface area contributed by atoms with Crippen molar-refractivity contribution in [1.29, 1.82) is 0 Å². The standard InChI is InChI=1S/C20H16F4N2O4S/c21-15-5-11(6-16(22)19(15)24)25-20(28)14-7-12(4-10-2-1-3-13(10)14)31(29,30)26-8-17(23)18(27)9-26/h1,3-7,17-18,27H,2,8-9H2,(H,25,28). The number of aliphatic hydroxyl groups is 1. The Kier molecular flexibility index (Phi) is 5.36. The summed E-state index contributed by atoms with van der Waals surface area (Å²) in [4.78, 5) is 12.5. The Bertz CT molecular complexity index is 1180. The summed E-state index contributed by atoms with van der Waals surface area (Å²) in [5.74, 6) is -5.54. The topological polar surface area (TPSA) is 86.7 Å². The molecule has 0 bridgehead atoms. The summed E-state index contributed by atoms with van der Waals surface area (Å²) in [6.07, 6.45) is 0.470. The zero-order valence-electron chi connectivity index (χ0n) is 15.8. The predicted molar refractivity (Wildman–Crippen MR) is 103 cm³/mol. The van der Waals surface area contributed by atoms with Gasteiger partial charge in [-0.1, -0.05) is 12.2 Å². The van der Waals surface area contributed by atoms with Gasteiger partial charge in [-0.3, -0.25) is 4.79 Å². The van der Waals surface area contributed by atoms with E-state index >= 15 is 0 Å². The van der Waals surface area contributed by atoms with Crippen molar-refractivity contribution >= 4 is 27.7 Å². The first-order valence-corrected chi connectivity index (χ1v) is 10.6. The summed E-state index contributed by atoms with van der Waals surface area (Å²) in [5, 5.41) is 11.8. The molecule has 2 aromatic carbocycles. The largest absolute Gasteiger partial charge is 0.389 e. The van der Waals surface area contributed by atoms with E-state index in [9.17, 15) is 35.9 Å². The Morgan fingerprint density at radius 1 is 1.10 bits per heavy atom. The van der Waals surface area contributed by atoms with Crippen LogP contribution in [0.15, 0.2) is 35.2 Å². The van der Waals surface area contributed by atoms with Crippen LogP contribution in [0, 0.1) is 17.5 Å². The second-order valence-electron chi connectivity index (χ2n) is 7.26. The van der Waals surface area contributed by atoms with E-state index in [1.54, 1.807) is 12.2 Å². The summed E-state index contributed by atoms with van der Waals surface area (Å²) in [6, 6.07) is 3.63. The zero-order chi connectivity index (χ0) is 22.5. The third-order valence-corrected chi connectivity index (χ3v) is 6.98. The fraction of sp³-hybridized carbons (Fsp3) is 0.250. The molecule has 0 spiro atoms. The van der Waals surface area contributed by atoms with Crippen LogP contribution in [0.1, 0.15) is 21.5 Å². The molecular formula is C20H16F4N2O4S. The molecule has 4 rings (SSSR count). The highest BCUT2D eigenvalue weighted by Crippen LogP contribution is 2.31. The molecule has 1 amide bonds. The van der Waals surface area contributed by atoms with Crippen LogP contribution in [0.3, 0.4) is 0 Å². The number of aliphatic hydroxyl groups excluding tert-OH is 1. The molecule has 164 valence electrons. The lowest BCUT2D eigenvalue weighted by Gasteiger charge is -2.18. The molecule has 1 saturated heterocycles. The molecule has 11 heteroatoms. The number of carbonyl (C=O) groups excluding carboxylic acids is 1. The Morgan fingerprint density at radius 3 is 2.39 bits per heavy atom. The Hall–Kier alpha value is -2.76. The molecule has 2 aliphatic rings. The van der Waals surface area contributed by atoms with Crippen LogP contribution in [-0.2, 0) is 16.4 Å². The van der Waals surface area contributed by atoms with Crippen LogP contribution in [0.25, 0.3) is 6.08 Å². The maximum Gasteiger partial charge on any atom is 0.256 e. The number of carbonyl (C=O) groups is 1. The van der Waals surface area contributed by atoms with Gasteiger partial charge in [0, 0.05) is 36.5 Å². The average molecular weight is 456 g/mol. The van der Waals surface area contributed by atoms with E-state index in [1.165, 1.54) is 6.07 Å². The highest BCUT2D eigenvalue weighted by atomic mass is 32.2. The normalized spacial score (nSPS) is 20.8. The van der Waals surface area contributed by atoms with Crippen molar-refractivity contribution in [2.24, 2.45) is 0 Å². The van der Waals surface area contributed by atoms with Crippen molar-refractivity contribution in [1.82, 2.24) is 4.31 Å². The summed E-state index contributed by atoms with van der Waals surface area (Å²) in [5.41, 5.74) is 0.489. The van der Waals surface area contributed by atoms with Crippen LogP contribution >= 0.6 is 0 Å². The van der Waals surface area contributed by atoms with Crippen molar-refractivity contribution in [2.75, 3.05) is 18.4 Å². The molecule has 1 aliphatic carbocycles. The van der Waals surface area contributed by atoms with Crippen LogP contribution in [0.5, 0.6) is 0 Å². The maximum absolute atomic E-state index is 13.7. The molecule has 1 fully saturated rings. The lowest BCUT2D eigenvalue weighted by Crippen LogP contribution is -2.30. The molecule has 2 aromatic rings. The lowest BCUT2D eigenvalue weighted by atomic mass is 10.0. The SMILES string of the molecule is O=C(Nc1cc(F)c(F)c(F)c1)c1cc(S(=O)(=O)N2CC(O)C(F)C2)cc2c1C=CC2. The number of rotatable bonds is 4. The summed E-state index contributed by atoms with van der Waals surface area (Å²) in [7, 11) is -4.22. The summed E-state index contributed by atoms with van der Waals surface area (Å²) in [6.45, 7) is -0.941. The molecule has 2 atom stereocenters. The van der Waals surface area contributed by atoms with Crippen molar-refractivity contribution in [3.8, 4) is 0 Å². The molecule has 0 radical (unpaired) electrons. The fourth-order valence-electron chi connectivity index (χ4n) is 3.58. The van der Waals surface area contributed by atoms with Crippen LogP contribution in [0.4, 0.5) is 23.2 Å². The van der Waals surface area contributed by atoms with Crippen molar-refractivity contribution < 1.29 is 35.9 Å². The van der Waals surface area contributed by atoms with E-state index in [1.807, 2.05) is 0 Å². The van der Waals surface area contributed by atoms with Gasteiger partial charge in [-0.15, -0.1) is 0 Å². The molecule has 0 aromatic heterocycles.